The molecule has 1 N–H and O–H groups in total. The lowest BCUT2D eigenvalue weighted by Crippen LogP contribution is -2.36. The van der Waals surface area contributed by atoms with E-state index in [0.717, 1.165) is 12.2 Å². The van der Waals surface area contributed by atoms with Crippen LogP contribution in [0.5, 0.6) is 0 Å². The van der Waals surface area contributed by atoms with Crippen LogP contribution in [0.2, 0.25) is 5.15 Å². The second-order valence-corrected chi connectivity index (χ2v) is 4.73. The molecule has 3 nitrogen and oxygen atoms in total. The summed E-state index contributed by atoms with van der Waals surface area (Å²) >= 11 is 5.72. The van der Waals surface area contributed by atoms with Gasteiger partial charge in [0.2, 0.25) is 0 Å². The molecule has 0 radical (unpaired) electrons. The van der Waals surface area contributed by atoms with Crippen LogP contribution in [0.25, 0.3) is 0 Å². The smallest absolute Gasteiger partial charge is 0.129 e. The minimum absolute atomic E-state index is 0.361. The van der Waals surface area contributed by atoms with E-state index in [1.165, 1.54) is 12.8 Å². The minimum Gasteiger partial charge on any atom is -0.382 e. The van der Waals surface area contributed by atoms with E-state index in [9.17, 15) is 0 Å². The summed E-state index contributed by atoms with van der Waals surface area (Å²) in [6.07, 6.45) is 4.32. The van der Waals surface area contributed by atoms with Crippen molar-refractivity contribution in [1.29, 1.82) is 0 Å². The summed E-state index contributed by atoms with van der Waals surface area (Å²) in [5, 5.41) is 3.93. The number of aromatic nitrogens is 1. The molecular weight excluding hydrogens is 210 g/mol. The Morgan fingerprint density at radius 2 is 2.20 bits per heavy atom. The van der Waals surface area contributed by atoms with Crippen LogP contribution in [-0.2, 0) is 0 Å². The Morgan fingerprint density at radius 3 is 2.67 bits per heavy atom. The zero-order valence-corrected chi connectivity index (χ0v) is 9.88. The SMILES string of the molecule is CN(C)C1(CNc2ccc(Cl)nc2)CC1. The monoisotopic (exact) mass is 225 g/mol. The normalized spacial score (nSPS) is 17.9. The van der Waals surface area contributed by atoms with Gasteiger partial charge in [-0.25, -0.2) is 4.98 Å². The first-order chi connectivity index (χ1) is 7.12. The highest BCUT2D eigenvalue weighted by molar-refractivity contribution is 6.29. The van der Waals surface area contributed by atoms with Crippen LogP contribution < -0.4 is 5.32 Å². The fraction of sp³-hybridized carbons (Fsp3) is 0.545. The van der Waals surface area contributed by atoms with Gasteiger partial charge in [-0.05, 0) is 39.1 Å². The highest BCUT2D eigenvalue weighted by Crippen LogP contribution is 2.39. The number of pyridine rings is 1. The predicted molar refractivity (Wildman–Crippen MR) is 63.4 cm³/mol. The molecule has 1 aliphatic carbocycles. The van der Waals surface area contributed by atoms with E-state index in [-0.39, 0.29) is 0 Å². The molecule has 0 aromatic carbocycles. The number of likely N-dealkylation sites (N-methyl/N-ethyl adjacent to an activating group) is 1. The number of anilines is 1. The molecule has 1 aliphatic rings. The molecule has 0 spiro atoms. The molecule has 0 amide bonds. The Labute approximate surface area is 95.4 Å². The van der Waals surface area contributed by atoms with E-state index in [4.69, 9.17) is 11.6 Å². The predicted octanol–water partition coefficient (Wildman–Crippen LogP) is 2.24. The summed E-state index contributed by atoms with van der Waals surface area (Å²) in [5.41, 5.74) is 1.40. The number of halogens is 1. The minimum atomic E-state index is 0.361. The lowest BCUT2D eigenvalue weighted by molar-refractivity contribution is 0.284. The average molecular weight is 226 g/mol. The molecule has 1 heterocycles. The number of rotatable bonds is 4. The quantitative estimate of drug-likeness (QED) is 0.797. The highest BCUT2D eigenvalue weighted by atomic mass is 35.5. The molecule has 0 saturated heterocycles. The van der Waals surface area contributed by atoms with Crippen LogP contribution >= 0.6 is 11.6 Å². The summed E-state index contributed by atoms with van der Waals surface area (Å²) in [6.45, 7) is 0.976. The second-order valence-electron chi connectivity index (χ2n) is 4.34. The van der Waals surface area contributed by atoms with Crippen LogP contribution in [0, 0.1) is 0 Å². The molecule has 0 bridgehead atoms. The second kappa shape index (κ2) is 3.99. The summed E-state index contributed by atoms with van der Waals surface area (Å²) in [7, 11) is 4.27. The molecule has 1 fully saturated rings. The van der Waals surface area contributed by atoms with Crippen molar-refractivity contribution in [2.24, 2.45) is 0 Å². The maximum absolute atomic E-state index is 5.72. The van der Waals surface area contributed by atoms with Gasteiger partial charge in [-0.3, -0.25) is 0 Å². The molecule has 1 saturated carbocycles. The van der Waals surface area contributed by atoms with Gasteiger partial charge in [-0.15, -0.1) is 0 Å². The molecule has 2 rings (SSSR count). The third-order valence-corrected chi connectivity index (χ3v) is 3.35. The number of hydrogen-bond donors (Lipinski definition) is 1. The van der Waals surface area contributed by atoms with Crippen LogP contribution in [0.1, 0.15) is 12.8 Å². The topological polar surface area (TPSA) is 28.2 Å². The first-order valence-electron chi connectivity index (χ1n) is 5.15. The van der Waals surface area contributed by atoms with E-state index in [1.807, 2.05) is 6.07 Å². The molecular formula is C11H16ClN3. The fourth-order valence-electron chi connectivity index (χ4n) is 1.67. The number of hydrogen-bond acceptors (Lipinski definition) is 3. The zero-order chi connectivity index (χ0) is 10.9. The van der Waals surface area contributed by atoms with Crippen molar-refractivity contribution >= 4 is 17.3 Å². The lowest BCUT2D eigenvalue weighted by atomic mass is 10.2. The van der Waals surface area contributed by atoms with Crippen molar-refractivity contribution in [3.8, 4) is 0 Å². The van der Waals surface area contributed by atoms with Crippen molar-refractivity contribution in [1.82, 2.24) is 9.88 Å². The van der Waals surface area contributed by atoms with Gasteiger partial charge in [0.1, 0.15) is 5.15 Å². The van der Waals surface area contributed by atoms with Crippen molar-refractivity contribution in [2.45, 2.75) is 18.4 Å². The van der Waals surface area contributed by atoms with Crippen LogP contribution in [0.3, 0.4) is 0 Å². The third-order valence-electron chi connectivity index (χ3n) is 3.12. The van der Waals surface area contributed by atoms with Crippen molar-refractivity contribution in [3.05, 3.63) is 23.5 Å². The Balaban J connectivity index is 1.91. The fourth-order valence-corrected chi connectivity index (χ4v) is 1.79. The molecule has 0 unspecified atom stereocenters. The maximum atomic E-state index is 5.72. The van der Waals surface area contributed by atoms with E-state index >= 15 is 0 Å². The summed E-state index contributed by atoms with van der Waals surface area (Å²) in [5.74, 6) is 0. The van der Waals surface area contributed by atoms with Gasteiger partial charge in [-0.1, -0.05) is 11.6 Å². The Morgan fingerprint density at radius 1 is 1.47 bits per heavy atom. The van der Waals surface area contributed by atoms with E-state index < -0.39 is 0 Å². The summed E-state index contributed by atoms with van der Waals surface area (Å²) in [6, 6.07) is 3.76. The molecule has 1 aromatic rings. The van der Waals surface area contributed by atoms with Gasteiger partial charge in [0.05, 0.1) is 11.9 Å². The van der Waals surface area contributed by atoms with Crippen molar-refractivity contribution in [2.75, 3.05) is 26.0 Å². The molecule has 0 atom stereocenters. The highest BCUT2D eigenvalue weighted by Gasteiger charge is 2.44. The van der Waals surface area contributed by atoms with Gasteiger partial charge < -0.3 is 10.2 Å². The summed E-state index contributed by atoms with van der Waals surface area (Å²) < 4.78 is 0. The Kier molecular flexibility index (Phi) is 2.85. The molecule has 4 heteroatoms. The van der Waals surface area contributed by atoms with E-state index in [2.05, 4.69) is 29.3 Å². The first-order valence-corrected chi connectivity index (χ1v) is 5.53. The molecule has 0 aliphatic heterocycles. The van der Waals surface area contributed by atoms with Crippen LogP contribution in [-0.4, -0.2) is 36.1 Å². The van der Waals surface area contributed by atoms with Crippen molar-refractivity contribution < 1.29 is 0 Å². The third kappa shape index (κ3) is 2.41. The number of nitrogens with one attached hydrogen (secondary N) is 1. The van der Waals surface area contributed by atoms with Crippen LogP contribution in [0.15, 0.2) is 18.3 Å². The van der Waals surface area contributed by atoms with E-state index in [1.54, 1.807) is 12.3 Å². The van der Waals surface area contributed by atoms with E-state index in [0.29, 0.717) is 10.7 Å². The zero-order valence-electron chi connectivity index (χ0n) is 9.13. The van der Waals surface area contributed by atoms with Crippen molar-refractivity contribution in [3.63, 3.8) is 0 Å². The Hall–Kier alpha value is -0.800. The summed E-state index contributed by atoms with van der Waals surface area (Å²) in [4.78, 5) is 6.33. The molecule has 82 valence electrons. The average Bonchev–Trinajstić information content (AvgIpc) is 2.98. The molecule has 15 heavy (non-hydrogen) atoms. The van der Waals surface area contributed by atoms with Gasteiger partial charge >= 0.3 is 0 Å². The number of nitrogens with zero attached hydrogens (tertiary/aromatic N) is 2. The lowest BCUT2D eigenvalue weighted by Gasteiger charge is -2.24. The van der Waals surface area contributed by atoms with Gasteiger partial charge in [0.25, 0.3) is 0 Å². The molecule has 1 aromatic heterocycles. The van der Waals surface area contributed by atoms with Gasteiger partial charge in [0.15, 0.2) is 0 Å². The van der Waals surface area contributed by atoms with Gasteiger partial charge in [0, 0.05) is 12.1 Å². The van der Waals surface area contributed by atoms with Crippen LogP contribution in [0.4, 0.5) is 5.69 Å². The first kappa shape index (κ1) is 10.7. The standard InChI is InChI=1S/C11H16ClN3/c1-15(2)11(5-6-11)8-14-9-3-4-10(12)13-7-9/h3-4,7,14H,5-6,8H2,1-2H3. The largest absolute Gasteiger partial charge is 0.382 e. The van der Waals surface area contributed by atoms with Gasteiger partial charge in [-0.2, -0.15) is 0 Å². The Bertz CT molecular complexity index is 330. The maximum Gasteiger partial charge on any atom is 0.129 e.